The van der Waals surface area contributed by atoms with Gasteiger partial charge in [-0.15, -0.1) is 0 Å². The van der Waals surface area contributed by atoms with E-state index in [0.717, 1.165) is 11.3 Å². The highest BCUT2D eigenvalue weighted by Crippen LogP contribution is 2.23. The van der Waals surface area contributed by atoms with Crippen LogP contribution < -0.4 is 15.6 Å². The van der Waals surface area contributed by atoms with Crippen molar-refractivity contribution in [3.05, 3.63) is 111 Å². The number of para-hydroxylation sites is 1. The van der Waals surface area contributed by atoms with Crippen LogP contribution in [0.4, 0.5) is 5.69 Å². The van der Waals surface area contributed by atoms with Crippen molar-refractivity contribution in [2.24, 2.45) is 0 Å². The molecule has 34 heavy (non-hydrogen) atoms. The van der Waals surface area contributed by atoms with E-state index in [4.69, 9.17) is 16.3 Å². The van der Waals surface area contributed by atoms with Crippen molar-refractivity contribution in [3.63, 3.8) is 0 Å². The second-order valence-electron chi connectivity index (χ2n) is 7.52. The lowest BCUT2D eigenvalue weighted by Gasteiger charge is -2.09. The summed E-state index contributed by atoms with van der Waals surface area (Å²) in [4.78, 5) is 32.4. The number of nitrogens with one attached hydrogen (secondary N) is 2. The Labute approximate surface area is 206 Å². The minimum atomic E-state index is -0.317. The zero-order chi connectivity index (χ0) is 23.9. The zero-order valence-electron chi connectivity index (χ0n) is 18.4. The number of amides is 1. The summed E-state index contributed by atoms with van der Waals surface area (Å²) < 4.78 is 5.76. The van der Waals surface area contributed by atoms with Crippen LogP contribution in [0.2, 0.25) is 5.02 Å². The van der Waals surface area contributed by atoms with Gasteiger partial charge in [0.25, 0.3) is 5.56 Å². The molecule has 0 unspecified atom stereocenters. The van der Waals surface area contributed by atoms with E-state index < -0.39 is 0 Å². The van der Waals surface area contributed by atoms with Gasteiger partial charge < -0.3 is 15.0 Å². The summed E-state index contributed by atoms with van der Waals surface area (Å²) in [5.74, 6) is 1.71. The number of aryl methyl sites for hydroxylation is 1. The van der Waals surface area contributed by atoms with Crippen molar-refractivity contribution in [3.8, 4) is 11.5 Å². The van der Waals surface area contributed by atoms with Gasteiger partial charge >= 0.3 is 0 Å². The van der Waals surface area contributed by atoms with E-state index in [0.29, 0.717) is 38.6 Å². The summed E-state index contributed by atoms with van der Waals surface area (Å²) in [7, 11) is 0. The number of hydrogen-bond donors (Lipinski definition) is 2. The molecule has 0 saturated carbocycles. The van der Waals surface area contributed by atoms with Crippen LogP contribution in [0.25, 0.3) is 0 Å². The molecule has 0 saturated heterocycles. The third kappa shape index (κ3) is 6.50. The molecule has 1 aromatic heterocycles. The highest BCUT2D eigenvalue weighted by Gasteiger charge is 2.13. The summed E-state index contributed by atoms with van der Waals surface area (Å²) in [6.07, 6.45) is -0.0737. The second-order valence-corrected chi connectivity index (χ2v) is 8.92. The smallest absolute Gasteiger partial charge is 0.255 e. The summed E-state index contributed by atoms with van der Waals surface area (Å²) in [6, 6.07) is 24.0. The average Bonchev–Trinajstić information content (AvgIpc) is 2.82. The van der Waals surface area contributed by atoms with Gasteiger partial charge in [0.15, 0.2) is 5.16 Å². The van der Waals surface area contributed by atoms with Crippen molar-refractivity contribution in [1.82, 2.24) is 9.97 Å². The van der Waals surface area contributed by atoms with Crippen molar-refractivity contribution in [2.45, 2.75) is 24.3 Å². The van der Waals surface area contributed by atoms with Crippen LogP contribution in [0.5, 0.6) is 11.5 Å². The molecule has 1 heterocycles. The predicted octanol–water partition coefficient (Wildman–Crippen LogP) is 6.00. The fraction of sp³-hybridized carbons (Fsp3) is 0.115. The third-order valence-electron chi connectivity index (χ3n) is 4.92. The van der Waals surface area contributed by atoms with E-state index in [1.165, 1.54) is 11.8 Å². The van der Waals surface area contributed by atoms with Crippen molar-refractivity contribution < 1.29 is 9.53 Å². The van der Waals surface area contributed by atoms with Crippen molar-refractivity contribution in [2.75, 3.05) is 5.32 Å². The molecule has 0 radical (unpaired) electrons. The van der Waals surface area contributed by atoms with Gasteiger partial charge in [0.1, 0.15) is 11.5 Å². The largest absolute Gasteiger partial charge is 0.457 e. The number of nitrogens with zero attached hydrogens (tertiary/aromatic N) is 1. The third-order valence-corrected chi connectivity index (χ3v) is 6.10. The monoisotopic (exact) mass is 491 g/mol. The van der Waals surface area contributed by atoms with E-state index in [1.54, 1.807) is 31.2 Å². The molecule has 0 aliphatic heterocycles. The maximum absolute atomic E-state index is 12.6. The van der Waals surface area contributed by atoms with E-state index in [9.17, 15) is 9.59 Å². The SMILES string of the molecule is Cc1nc(SCc2cccc(Cl)c2)[nH]c(=O)c1CC(=O)Nc1ccc(Oc2ccccc2)cc1. The zero-order valence-corrected chi connectivity index (χ0v) is 20.0. The molecule has 6 nitrogen and oxygen atoms in total. The minimum Gasteiger partial charge on any atom is -0.457 e. The van der Waals surface area contributed by atoms with Gasteiger partial charge in [-0.25, -0.2) is 4.98 Å². The highest BCUT2D eigenvalue weighted by molar-refractivity contribution is 7.98. The first-order chi connectivity index (χ1) is 16.5. The number of ether oxygens (including phenoxy) is 1. The molecule has 0 aliphatic carbocycles. The number of carbonyl (C=O) groups is 1. The Morgan fingerprint density at radius 2 is 1.76 bits per heavy atom. The Morgan fingerprint density at radius 3 is 2.47 bits per heavy atom. The van der Waals surface area contributed by atoms with Gasteiger partial charge in [-0.3, -0.25) is 9.59 Å². The van der Waals surface area contributed by atoms with Crippen molar-refractivity contribution in [1.29, 1.82) is 0 Å². The molecule has 0 spiro atoms. The first-order valence-electron chi connectivity index (χ1n) is 10.6. The summed E-state index contributed by atoms with van der Waals surface area (Å²) >= 11 is 7.42. The maximum atomic E-state index is 12.6. The molecule has 1 amide bonds. The van der Waals surface area contributed by atoms with Crippen LogP contribution in [-0.4, -0.2) is 15.9 Å². The molecule has 4 aromatic rings. The van der Waals surface area contributed by atoms with Gasteiger partial charge in [-0.2, -0.15) is 0 Å². The normalized spacial score (nSPS) is 10.6. The summed E-state index contributed by atoms with van der Waals surface area (Å²) in [5, 5.41) is 3.97. The number of anilines is 1. The molecule has 0 bridgehead atoms. The van der Waals surface area contributed by atoms with Gasteiger partial charge in [-0.1, -0.05) is 53.7 Å². The Morgan fingerprint density at radius 1 is 1.03 bits per heavy atom. The fourth-order valence-corrected chi connectivity index (χ4v) is 4.30. The minimum absolute atomic E-state index is 0.0737. The van der Waals surface area contributed by atoms with Crippen LogP contribution in [-0.2, 0) is 17.0 Å². The van der Waals surface area contributed by atoms with Gasteiger partial charge in [0.05, 0.1) is 6.42 Å². The van der Waals surface area contributed by atoms with E-state index >= 15 is 0 Å². The Kier molecular flexibility index (Phi) is 7.67. The standard InChI is InChI=1S/C26H22ClN3O3S/c1-17-23(25(32)30-26(28-17)34-16-18-6-5-7-19(27)14-18)15-24(31)29-20-10-12-22(13-11-20)33-21-8-3-2-4-9-21/h2-14H,15-16H2,1H3,(H,29,31)(H,28,30,32). The van der Waals surface area contributed by atoms with Crippen LogP contribution in [0.1, 0.15) is 16.8 Å². The number of halogens is 1. The van der Waals surface area contributed by atoms with E-state index in [1.807, 2.05) is 54.6 Å². The van der Waals surface area contributed by atoms with Crippen LogP contribution in [0.3, 0.4) is 0 Å². The van der Waals surface area contributed by atoms with Crippen LogP contribution in [0.15, 0.2) is 88.8 Å². The number of aromatic nitrogens is 2. The molecule has 3 aromatic carbocycles. The lowest BCUT2D eigenvalue weighted by Crippen LogP contribution is -2.23. The highest BCUT2D eigenvalue weighted by atomic mass is 35.5. The Bertz CT molecular complexity index is 1340. The molecular formula is C26H22ClN3O3S. The summed E-state index contributed by atoms with van der Waals surface area (Å²) in [6.45, 7) is 1.73. The quantitative estimate of drug-likeness (QED) is 0.233. The molecular weight excluding hydrogens is 470 g/mol. The number of hydrogen-bond acceptors (Lipinski definition) is 5. The average molecular weight is 492 g/mol. The fourth-order valence-electron chi connectivity index (χ4n) is 3.24. The number of carbonyl (C=O) groups excluding carboxylic acids is 1. The molecule has 172 valence electrons. The van der Waals surface area contributed by atoms with E-state index in [-0.39, 0.29) is 17.9 Å². The van der Waals surface area contributed by atoms with E-state index in [2.05, 4.69) is 15.3 Å². The molecule has 8 heteroatoms. The predicted molar refractivity (Wildman–Crippen MR) is 136 cm³/mol. The molecule has 0 atom stereocenters. The topological polar surface area (TPSA) is 84.1 Å². The number of rotatable bonds is 8. The van der Waals surface area contributed by atoms with Crippen LogP contribution >= 0.6 is 23.4 Å². The van der Waals surface area contributed by atoms with Gasteiger partial charge in [-0.05, 0) is 61.0 Å². The molecule has 2 N–H and O–H groups in total. The Hall–Kier alpha value is -3.55. The van der Waals surface area contributed by atoms with Gasteiger partial charge in [0.2, 0.25) is 5.91 Å². The number of aromatic amines is 1. The van der Waals surface area contributed by atoms with Gasteiger partial charge in [0, 0.05) is 27.7 Å². The van der Waals surface area contributed by atoms with Crippen LogP contribution in [0, 0.1) is 6.92 Å². The number of thioether (sulfide) groups is 1. The lowest BCUT2D eigenvalue weighted by atomic mass is 10.1. The summed E-state index contributed by atoms with van der Waals surface area (Å²) in [5.41, 5.74) is 2.19. The molecule has 0 fully saturated rings. The lowest BCUT2D eigenvalue weighted by molar-refractivity contribution is -0.115. The first kappa shape index (κ1) is 23.6. The molecule has 0 aliphatic rings. The number of H-pyrrole nitrogens is 1. The number of benzene rings is 3. The maximum Gasteiger partial charge on any atom is 0.255 e. The van der Waals surface area contributed by atoms with Crippen molar-refractivity contribution >= 4 is 35.0 Å². The first-order valence-corrected chi connectivity index (χ1v) is 11.9. The second kappa shape index (κ2) is 11.0. The Balaban J connectivity index is 1.35. The molecule has 4 rings (SSSR count).